The summed E-state index contributed by atoms with van der Waals surface area (Å²) in [5.41, 5.74) is 1.39. The molecule has 0 fully saturated rings. The van der Waals surface area contributed by atoms with Gasteiger partial charge in [0.2, 0.25) is 0 Å². The Morgan fingerprint density at radius 1 is 1.73 bits per heavy atom. The second-order valence-electron chi connectivity index (χ2n) is 3.35. The average molecular weight is 152 g/mol. The van der Waals surface area contributed by atoms with Crippen LogP contribution >= 0.6 is 0 Å². The molecule has 1 aliphatic carbocycles. The molecule has 0 saturated carbocycles. The summed E-state index contributed by atoms with van der Waals surface area (Å²) >= 11 is 0. The van der Waals surface area contributed by atoms with Gasteiger partial charge in [0.05, 0.1) is 0 Å². The number of hydrogen-bond donors (Lipinski definition) is 0. The van der Waals surface area contributed by atoms with Crippen molar-refractivity contribution in [3.05, 3.63) is 11.6 Å². The monoisotopic (exact) mass is 152 g/mol. The third kappa shape index (κ3) is 2.18. The van der Waals surface area contributed by atoms with Crippen LogP contribution in [0.25, 0.3) is 0 Å². The van der Waals surface area contributed by atoms with Crippen molar-refractivity contribution in [3.8, 4) is 0 Å². The highest BCUT2D eigenvalue weighted by Crippen LogP contribution is 2.24. The number of carbonyl (C=O) groups excluding carboxylic acids is 1. The molecule has 0 aromatic carbocycles. The molecule has 0 spiro atoms. The standard InChI is InChI=1S/C10H16O/c1-3-10(11)9-6-4-5-8(2)7-9/h5,9H,3-4,6-7H2,1-2H3. The molecular formula is C10H16O. The van der Waals surface area contributed by atoms with Gasteiger partial charge in [-0.1, -0.05) is 18.6 Å². The molecule has 0 aromatic heterocycles. The van der Waals surface area contributed by atoms with Crippen LogP contribution in [0.5, 0.6) is 0 Å². The van der Waals surface area contributed by atoms with E-state index >= 15 is 0 Å². The first-order valence-corrected chi connectivity index (χ1v) is 4.42. The Labute approximate surface area is 68.5 Å². The first-order valence-electron chi connectivity index (χ1n) is 4.42. The molecule has 0 heterocycles. The maximum atomic E-state index is 11.3. The molecule has 1 heteroatoms. The predicted molar refractivity (Wildman–Crippen MR) is 46.4 cm³/mol. The van der Waals surface area contributed by atoms with Crippen molar-refractivity contribution in [1.29, 1.82) is 0 Å². The van der Waals surface area contributed by atoms with E-state index in [0.29, 0.717) is 18.1 Å². The van der Waals surface area contributed by atoms with Crippen LogP contribution in [0.2, 0.25) is 0 Å². The molecule has 1 nitrogen and oxygen atoms in total. The van der Waals surface area contributed by atoms with Crippen molar-refractivity contribution in [3.63, 3.8) is 0 Å². The van der Waals surface area contributed by atoms with Crippen LogP contribution < -0.4 is 0 Å². The first-order chi connectivity index (χ1) is 5.24. The molecule has 1 aliphatic rings. The average Bonchev–Trinajstić information content (AvgIpc) is 2.03. The van der Waals surface area contributed by atoms with Gasteiger partial charge < -0.3 is 0 Å². The van der Waals surface area contributed by atoms with Crippen molar-refractivity contribution in [2.24, 2.45) is 5.92 Å². The van der Waals surface area contributed by atoms with Crippen LogP contribution in [-0.2, 0) is 4.79 Å². The Hall–Kier alpha value is -0.590. The van der Waals surface area contributed by atoms with Crippen molar-refractivity contribution in [2.75, 3.05) is 0 Å². The lowest BCUT2D eigenvalue weighted by atomic mass is 9.86. The van der Waals surface area contributed by atoms with Crippen molar-refractivity contribution in [1.82, 2.24) is 0 Å². The lowest BCUT2D eigenvalue weighted by molar-refractivity contribution is -0.122. The fourth-order valence-corrected chi connectivity index (χ4v) is 1.67. The van der Waals surface area contributed by atoms with E-state index in [9.17, 15) is 4.79 Å². The van der Waals surface area contributed by atoms with Gasteiger partial charge in [-0.2, -0.15) is 0 Å². The van der Waals surface area contributed by atoms with Crippen molar-refractivity contribution >= 4 is 5.78 Å². The third-order valence-corrected chi connectivity index (χ3v) is 2.38. The molecule has 0 N–H and O–H groups in total. The van der Waals surface area contributed by atoms with Gasteiger partial charge in [0.15, 0.2) is 0 Å². The molecule has 0 aliphatic heterocycles. The predicted octanol–water partition coefficient (Wildman–Crippen LogP) is 2.71. The van der Waals surface area contributed by atoms with Gasteiger partial charge in [0.25, 0.3) is 0 Å². The molecule has 0 amide bonds. The topological polar surface area (TPSA) is 17.1 Å². The molecule has 1 unspecified atom stereocenters. The lowest BCUT2D eigenvalue weighted by Gasteiger charge is -2.18. The Morgan fingerprint density at radius 3 is 3.00 bits per heavy atom. The summed E-state index contributed by atoms with van der Waals surface area (Å²) in [6.07, 6.45) is 6.14. The van der Waals surface area contributed by atoms with E-state index in [1.54, 1.807) is 0 Å². The SMILES string of the molecule is CCC(=O)C1CCC=C(C)C1. The molecule has 62 valence electrons. The normalized spacial score (nSPS) is 24.5. The Morgan fingerprint density at radius 2 is 2.45 bits per heavy atom. The molecule has 0 bridgehead atoms. The highest BCUT2D eigenvalue weighted by atomic mass is 16.1. The molecule has 1 atom stereocenters. The zero-order chi connectivity index (χ0) is 8.27. The molecule has 1 rings (SSSR count). The summed E-state index contributed by atoms with van der Waals surface area (Å²) in [6, 6.07) is 0. The maximum absolute atomic E-state index is 11.3. The van der Waals surface area contributed by atoms with Crippen LogP contribution in [0.15, 0.2) is 11.6 Å². The van der Waals surface area contributed by atoms with E-state index in [1.165, 1.54) is 5.57 Å². The fraction of sp³-hybridized carbons (Fsp3) is 0.700. The van der Waals surface area contributed by atoms with E-state index in [1.807, 2.05) is 6.92 Å². The van der Waals surface area contributed by atoms with Gasteiger partial charge in [-0.25, -0.2) is 0 Å². The summed E-state index contributed by atoms with van der Waals surface area (Å²) in [7, 11) is 0. The number of ketones is 1. The Bertz CT molecular complexity index is 179. The molecule has 11 heavy (non-hydrogen) atoms. The van der Waals surface area contributed by atoms with Crippen LogP contribution in [0.1, 0.15) is 39.5 Å². The minimum atomic E-state index is 0.338. The largest absolute Gasteiger partial charge is 0.299 e. The second kappa shape index (κ2) is 3.70. The van der Waals surface area contributed by atoms with Crippen LogP contribution in [0.3, 0.4) is 0 Å². The summed E-state index contributed by atoms with van der Waals surface area (Å²) in [5.74, 6) is 0.780. The van der Waals surface area contributed by atoms with E-state index < -0.39 is 0 Å². The number of allylic oxidation sites excluding steroid dienone is 2. The second-order valence-corrected chi connectivity index (χ2v) is 3.35. The maximum Gasteiger partial charge on any atom is 0.136 e. The van der Waals surface area contributed by atoms with Crippen molar-refractivity contribution < 1.29 is 4.79 Å². The van der Waals surface area contributed by atoms with Crippen LogP contribution in [0, 0.1) is 5.92 Å². The van der Waals surface area contributed by atoms with Gasteiger partial charge in [-0.3, -0.25) is 4.79 Å². The first kappa shape index (κ1) is 8.51. The summed E-state index contributed by atoms with van der Waals surface area (Å²) in [6.45, 7) is 4.07. The molecule has 0 aromatic rings. The minimum absolute atomic E-state index is 0.338. The Kier molecular flexibility index (Phi) is 2.86. The smallest absolute Gasteiger partial charge is 0.136 e. The zero-order valence-corrected chi connectivity index (χ0v) is 7.39. The lowest BCUT2D eigenvalue weighted by Crippen LogP contribution is -2.16. The third-order valence-electron chi connectivity index (χ3n) is 2.38. The summed E-state index contributed by atoms with van der Waals surface area (Å²) in [5, 5.41) is 0. The van der Waals surface area contributed by atoms with Gasteiger partial charge in [0.1, 0.15) is 5.78 Å². The van der Waals surface area contributed by atoms with Gasteiger partial charge in [-0.05, 0) is 26.2 Å². The molecular weight excluding hydrogens is 136 g/mol. The van der Waals surface area contributed by atoms with Crippen LogP contribution in [-0.4, -0.2) is 5.78 Å². The number of rotatable bonds is 2. The number of carbonyl (C=O) groups is 1. The fourth-order valence-electron chi connectivity index (χ4n) is 1.67. The summed E-state index contributed by atoms with van der Waals surface area (Å²) < 4.78 is 0. The molecule has 0 radical (unpaired) electrons. The van der Waals surface area contributed by atoms with Crippen LogP contribution in [0.4, 0.5) is 0 Å². The molecule has 0 saturated heterocycles. The van der Waals surface area contributed by atoms with E-state index in [4.69, 9.17) is 0 Å². The number of hydrogen-bond acceptors (Lipinski definition) is 1. The minimum Gasteiger partial charge on any atom is -0.299 e. The number of Topliss-reactive ketones (excluding diaryl/α,β-unsaturated/α-hetero) is 1. The highest BCUT2D eigenvalue weighted by Gasteiger charge is 2.18. The van der Waals surface area contributed by atoms with Gasteiger partial charge in [-0.15, -0.1) is 0 Å². The highest BCUT2D eigenvalue weighted by molar-refractivity contribution is 5.81. The summed E-state index contributed by atoms with van der Waals surface area (Å²) in [4.78, 5) is 11.3. The Balaban J connectivity index is 2.50. The van der Waals surface area contributed by atoms with E-state index in [2.05, 4.69) is 13.0 Å². The van der Waals surface area contributed by atoms with Gasteiger partial charge in [0, 0.05) is 12.3 Å². The quantitative estimate of drug-likeness (QED) is 0.556. The van der Waals surface area contributed by atoms with E-state index in [0.717, 1.165) is 19.3 Å². The van der Waals surface area contributed by atoms with Crippen molar-refractivity contribution in [2.45, 2.75) is 39.5 Å². The van der Waals surface area contributed by atoms with E-state index in [-0.39, 0.29) is 0 Å². The zero-order valence-electron chi connectivity index (χ0n) is 7.39. The van der Waals surface area contributed by atoms with Gasteiger partial charge >= 0.3 is 0 Å².